The van der Waals surface area contributed by atoms with Gasteiger partial charge in [0.2, 0.25) is 0 Å². The minimum absolute atomic E-state index is 0.0659. The number of hydrogen-bond acceptors (Lipinski definition) is 6. The highest BCUT2D eigenvalue weighted by Gasteiger charge is 2.25. The number of halogens is 3. The predicted octanol–water partition coefficient (Wildman–Crippen LogP) is 6.38. The second kappa shape index (κ2) is 11.3. The lowest BCUT2D eigenvalue weighted by molar-refractivity contribution is -0.0591. The van der Waals surface area contributed by atoms with Gasteiger partial charge in [0.05, 0.1) is 24.7 Å². The lowest BCUT2D eigenvalue weighted by Gasteiger charge is -2.29. The Morgan fingerprint density at radius 3 is 2.75 bits per heavy atom. The lowest BCUT2D eigenvalue weighted by atomic mass is 9.99. The molecule has 40 heavy (non-hydrogen) atoms. The highest BCUT2D eigenvalue weighted by Crippen LogP contribution is 2.31. The van der Waals surface area contributed by atoms with E-state index in [1.165, 1.54) is 29.5 Å². The van der Waals surface area contributed by atoms with Crippen molar-refractivity contribution in [1.82, 2.24) is 14.5 Å². The molecule has 0 spiro atoms. The summed E-state index contributed by atoms with van der Waals surface area (Å²) < 4.78 is 41.9. The number of aromatic nitrogens is 2. The Hall–Kier alpha value is -3.31. The molecule has 4 heterocycles. The average Bonchev–Trinajstić information content (AvgIpc) is 3.45. The number of rotatable bonds is 9. The number of nitrogens with zero attached hydrogens (tertiary/aromatic N) is 3. The summed E-state index contributed by atoms with van der Waals surface area (Å²) >= 11 is 6.99. The molecule has 11 heteroatoms. The van der Waals surface area contributed by atoms with Crippen LogP contribution in [0.1, 0.15) is 39.5 Å². The van der Waals surface area contributed by atoms with Crippen molar-refractivity contribution in [3.63, 3.8) is 0 Å². The molecule has 6 rings (SSSR count). The number of carboxylic acids is 1. The maximum atomic E-state index is 14.5. The van der Waals surface area contributed by atoms with E-state index in [9.17, 15) is 18.7 Å². The van der Waals surface area contributed by atoms with Gasteiger partial charge < -0.3 is 19.1 Å². The number of ether oxygens (including phenoxy) is 2. The van der Waals surface area contributed by atoms with Crippen LogP contribution in [0.4, 0.5) is 8.78 Å². The van der Waals surface area contributed by atoms with Crippen LogP contribution in [0.3, 0.4) is 0 Å². The maximum absolute atomic E-state index is 14.5. The van der Waals surface area contributed by atoms with Gasteiger partial charge in [-0.2, -0.15) is 0 Å². The van der Waals surface area contributed by atoms with Gasteiger partial charge in [-0.05, 0) is 54.3 Å². The summed E-state index contributed by atoms with van der Waals surface area (Å²) in [4.78, 5) is 19.5. The third kappa shape index (κ3) is 5.62. The quantitative estimate of drug-likeness (QED) is 0.245. The van der Waals surface area contributed by atoms with E-state index in [1.807, 2.05) is 0 Å². The molecular weight excluding hydrogens is 560 g/mol. The first-order valence-electron chi connectivity index (χ1n) is 13.0. The largest absolute Gasteiger partial charge is 0.486 e. The number of fused-ring (bicyclic) bond motifs is 1. The van der Waals surface area contributed by atoms with Gasteiger partial charge in [0, 0.05) is 30.3 Å². The molecule has 1 atom stereocenters. The second-order valence-electron chi connectivity index (χ2n) is 9.91. The van der Waals surface area contributed by atoms with Gasteiger partial charge in [-0.1, -0.05) is 29.8 Å². The van der Waals surface area contributed by atoms with Crippen LogP contribution in [0.15, 0.2) is 48.5 Å². The molecular formula is C29H26ClF2N3O4S. The summed E-state index contributed by atoms with van der Waals surface area (Å²) in [5, 5.41) is 9.69. The third-order valence-corrected chi connectivity index (χ3v) is 8.52. The first-order chi connectivity index (χ1) is 19.3. The SMILES string of the molecule is O=C(O)c1cc2c(nc(CN3CC=C(c4ccc(F)c(OCc5ccc(Cl)cc5F)c4)CC3)n2C[C@@H]2CCO2)s1. The number of aromatic carboxylic acids is 1. The van der Waals surface area contributed by atoms with Crippen LogP contribution in [-0.2, 0) is 24.4 Å². The number of imidazole rings is 1. The predicted molar refractivity (Wildman–Crippen MR) is 149 cm³/mol. The topological polar surface area (TPSA) is 76.8 Å². The van der Waals surface area contributed by atoms with E-state index in [0.29, 0.717) is 25.2 Å². The Morgan fingerprint density at radius 1 is 1.20 bits per heavy atom. The Kier molecular flexibility index (Phi) is 7.59. The van der Waals surface area contributed by atoms with Crippen LogP contribution in [0.5, 0.6) is 5.75 Å². The summed E-state index contributed by atoms with van der Waals surface area (Å²) in [6.07, 6.45) is 3.96. The van der Waals surface area contributed by atoms with Gasteiger partial charge in [-0.25, -0.2) is 18.6 Å². The fourth-order valence-electron chi connectivity index (χ4n) is 4.95. The van der Waals surface area contributed by atoms with E-state index in [2.05, 4.69) is 15.5 Å². The first-order valence-corrected chi connectivity index (χ1v) is 14.2. The van der Waals surface area contributed by atoms with Crippen LogP contribution in [0.25, 0.3) is 15.9 Å². The van der Waals surface area contributed by atoms with Gasteiger partial charge in [0.15, 0.2) is 11.6 Å². The third-order valence-electron chi connectivity index (χ3n) is 7.28. The highest BCUT2D eigenvalue weighted by molar-refractivity contribution is 7.20. The van der Waals surface area contributed by atoms with Crippen LogP contribution in [-0.4, -0.2) is 51.3 Å². The van der Waals surface area contributed by atoms with E-state index >= 15 is 0 Å². The van der Waals surface area contributed by atoms with Gasteiger partial charge in [-0.15, -0.1) is 11.3 Å². The van der Waals surface area contributed by atoms with Gasteiger partial charge in [0.25, 0.3) is 0 Å². The molecule has 7 nitrogen and oxygen atoms in total. The molecule has 2 aliphatic heterocycles. The molecule has 1 fully saturated rings. The molecule has 0 saturated carbocycles. The number of thiophene rings is 1. The molecule has 0 aliphatic carbocycles. The molecule has 2 aromatic carbocycles. The van der Waals surface area contributed by atoms with E-state index in [4.69, 9.17) is 26.1 Å². The molecule has 0 bridgehead atoms. The average molecular weight is 586 g/mol. The zero-order chi connectivity index (χ0) is 27.8. The minimum Gasteiger partial charge on any atom is -0.486 e. The molecule has 208 valence electrons. The van der Waals surface area contributed by atoms with Crippen molar-refractivity contribution < 1.29 is 28.2 Å². The maximum Gasteiger partial charge on any atom is 0.346 e. The van der Waals surface area contributed by atoms with Crippen molar-refractivity contribution in [3.8, 4) is 5.75 Å². The van der Waals surface area contributed by atoms with Crippen LogP contribution in [0.2, 0.25) is 5.02 Å². The summed E-state index contributed by atoms with van der Waals surface area (Å²) in [5.41, 5.74) is 3.07. The van der Waals surface area contributed by atoms with Gasteiger partial charge in [0.1, 0.15) is 28.0 Å². The summed E-state index contributed by atoms with van der Waals surface area (Å²) in [5.74, 6) is -1.00. The van der Waals surface area contributed by atoms with E-state index in [1.54, 1.807) is 24.3 Å². The Morgan fingerprint density at radius 2 is 2.05 bits per heavy atom. The minimum atomic E-state index is -0.948. The van der Waals surface area contributed by atoms with Crippen molar-refractivity contribution in [3.05, 3.63) is 87.0 Å². The zero-order valence-electron chi connectivity index (χ0n) is 21.4. The number of benzene rings is 2. The highest BCUT2D eigenvalue weighted by atomic mass is 35.5. The second-order valence-corrected chi connectivity index (χ2v) is 11.4. The van der Waals surface area contributed by atoms with Gasteiger partial charge >= 0.3 is 5.97 Å². The Balaban J connectivity index is 1.15. The normalized spacial score (nSPS) is 17.6. The molecule has 2 aliphatic rings. The Bertz CT molecular complexity index is 1610. The number of hydrogen-bond donors (Lipinski definition) is 1. The van der Waals surface area contributed by atoms with Crippen LogP contribution in [0, 0.1) is 11.6 Å². The first kappa shape index (κ1) is 26.9. The van der Waals surface area contributed by atoms with Crippen molar-refractivity contribution in [1.29, 1.82) is 0 Å². The zero-order valence-corrected chi connectivity index (χ0v) is 23.0. The molecule has 0 amide bonds. The fourth-order valence-corrected chi connectivity index (χ4v) is 6.00. The molecule has 1 N–H and O–H groups in total. The van der Waals surface area contributed by atoms with Crippen molar-refractivity contribution >= 4 is 44.8 Å². The van der Waals surface area contributed by atoms with Crippen molar-refractivity contribution in [2.75, 3.05) is 19.7 Å². The van der Waals surface area contributed by atoms with Crippen molar-refractivity contribution in [2.45, 2.75) is 38.6 Å². The van der Waals surface area contributed by atoms with E-state index < -0.39 is 17.6 Å². The Labute approximate surface area is 238 Å². The van der Waals surface area contributed by atoms with Crippen molar-refractivity contribution in [2.24, 2.45) is 0 Å². The monoisotopic (exact) mass is 585 g/mol. The fraction of sp³-hybridized carbons (Fsp3) is 0.310. The summed E-state index contributed by atoms with van der Waals surface area (Å²) in [7, 11) is 0. The summed E-state index contributed by atoms with van der Waals surface area (Å²) in [6.45, 7) is 3.35. The molecule has 0 unspecified atom stereocenters. The van der Waals surface area contributed by atoms with E-state index in [0.717, 1.165) is 53.3 Å². The van der Waals surface area contributed by atoms with Gasteiger partial charge in [-0.3, -0.25) is 4.90 Å². The summed E-state index contributed by atoms with van der Waals surface area (Å²) in [6, 6.07) is 10.7. The molecule has 2 aromatic heterocycles. The number of carboxylic acid groups (broad SMARTS) is 1. The van der Waals surface area contributed by atoms with Crippen LogP contribution < -0.4 is 4.74 Å². The molecule has 4 aromatic rings. The van der Waals surface area contributed by atoms with Crippen LogP contribution >= 0.6 is 22.9 Å². The molecule has 1 saturated heterocycles. The lowest BCUT2D eigenvalue weighted by Crippen LogP contribution is -2.33. The standard InChI is InChI=1S/C29H26ClF2N3O4S/c30-20-3-1-19(23(32)12-20)16-39-25-11-18(2-4-22(25)31)17-5-8-34(9-6-17)15-27-33-28-24(13-26(40-28)29(36)37)35(27)14-21-7-10-38-21/h1-5,11-13,21H,6-10,14-16H2,(H,36,37)/t21-/m0/s1. The van der Waals surface area contributed by atoms with E-state index in [-0.39, 0.29) is 28.4 Å². The smallest absolute Gasteiger partial charge is 0.346 e. The number of carbonyl (C=O) groups is 1. The molecule has 0 radical (unpaired) electrons.